The Kier molecular flexibility index (Phi) is 6.29. The Hall–Kier alpha value is -0.840. The number of anilines is 1. The van der Waals surface area contributed by atoms with Gasteiger partial charge in [0.1, 0.15) is 6.17 Å². The van der Waals surface area contributed by atoms with Crippen molar-refractivity contribution in [2.45, 2.75) is 9.96 Å². The van der Waals surface area contributed by atoms with Crippen molar-refractivity contribution < 1.29 is 4.79 Å². The van der Waals surface area contributed by atoms with Gasteiger partial charge in [0, 0.05) is 21.3 Å². The van der Waals surface area contributed by atoms with Crippen LogP contribution in [0.5, 0.6) is 0 Å². The molecule has 0 bridgehead atoms. The lowest BCUT2D eigenvalue weighted by Crippen LogP contribution is -2.49. The van der Waals surface area contributed by atoms with Crippen LogP contribution in [-0.4, -0.2) is 15.9 Å². The summed E-state index contributed by atoms with van der Waals surface area (Å²) in [5.41, 5.74) is 0.992. The molecule has 0 fully saturated rings. The standard InChI is InChI=1S/C15H11Cl5N2O/c16-10-4-6-12(7-5-10)21-14(15(18,19)20)22-13(23)9-2-1-3-11(17)8-9/h1-8,14,21H,(H,22,23). The number of nitrogens with one attached hydrogen (secondary N) is 2. The van der Waals surface area contributed by atoms with Crippen LogP contribution in [0.2, 0.25) is 10.0 Å². The van der Waals surface area contributed by atoms with Crippen molar-refractivity contribution >= 4 is 69.6 Å². The highest BCUT2D eigenvalue weighted by Gasteiger charge is 2.34. The van der Waals surface area contributed by atoms with Crippen molar-refractivity contribution in [2.24, 2.45) is 0 Å². The Labute approximate surface area is 158 Å². The summed E-state index contributed by atoms with van der Waals surface area (Å²) in [5.74, 6) is -0.426. The van der Waals surface area contributed by atoms with Crippen LogP contribution in [0.4, 0.5) is 5.69 Å². The van der Waals surface area contributed by atoms with E-state index in [4.69, 9.17) is 58.0 Å². The number of rotatable bonds is 4. The third-order valence-corrected chi connectivity index (χ3v) is 3.99. The predicted molar refractivity (Wildman–Crippen MR) is 98.1 cm³/mol. The molecule has 2 aromatic carbocycles. The van der Waals surface area contributed by atoms with Crippen molar-refractivity contribution in [3.63, 3.8) is 0 Å². The number of carbonyl (C=O) groups excluding carboxylic acids is 1. The van der Waals surface area contributed by atoms with Crippen LogP contribution >= 0.6 is 58.0 Å². The monoisotopic (exact) mass is 410 g/mol. The highest BCUT2D eigenvalue weighted by atomic mass is 35.6. The summed E-state index contributed by atoms with van der Waals surface area (Å²) in [6.45, 7) is 0. The lowest BCUT2D eigenvalue weighted by Gasteiger charge is -2.27. The van der Waals surface area contributed by atoms with Crippen molar-refractivity contribution in [3.05, 3.63) is 64.1 Å². The molecule has 1 atom stereocenters. The van der Waals surface area contributed by atoms with Gasteiger partial charge in [0.25, 0.3) is 5.91 Å². The minimum absolute atomic E-state index is 0.356. The van der Waals surface area contributed by atoms with Gasteiger partial charge in [-0.2, -0.15) is 0 Å². The molecular formula is C15H11Cl5N2O. The molecule has 0 saturated heterocycles. The van der Waals surface area contributed by atoms with Gasteiger partial charge in [0.2, 0.25) is 3.79 Å². The molecule has 122 valence electrons. The number of benzene rings is 2. The molecule has 0 aliphatic carbocycles. The first-order chi connectivity index (χ1) is 10.8. The Bertz CT molecular complexity index is 685. The van der Waals surface area contributed by atoms with Gasteiger partial charge in [0.15, 0.2) is 0 Å². The average molecular weight is 413 g/mol. The lowest BCUT2D eigenvalue weighted by atomic mass is 10.2. The summed E-state index contributed by atoms with van der Waals surface area (Å²) in [6.07, 6.45) is -0.958. The van der Waals surface area contributed by atoms with E-state index in [1.807, 2.05) is 0 Å². The second kappa shape index (κ2) is 7.82. The zero-order valence-corrected chi connectivity index (χ0v) is 15.3. The molecule has 0 aliphatic heterocycles. The van der Waals surface area contributed by atoms with Crippen LogP contribution in [0, 0.1) is 0 Å². The molecule has 1 amide bonds. The Morgan fingerprint density at radius 1 is 0.957 bits per heavy atom. The maximum absolute atomic E-state index is 12.3. The SMILES string of the molecule is O=C(NC(Nc1ccc(Cl)cc1)C(Cl)(Cl)Cl)c1cccc(Cl)c1. The van der Waals surface area contributed by atoms with E-state index < -0.39 is 15.9 Å². The maximum atomic E-state index is 12.3. The molecule has 1 unspecified atom stereocenters. The van der Waals surface area contributed by atoms with E-state index in [1.165, 1.54) is 6.07 Å². The Morgan fingerprint density at radius 3 is 2.17 bits per heavy atom. The zero-order valence-electron chi connectivity index (χ0n) is 11.5. The largest absolute Gasteiger partial charge is 0.362 e. The van der Waals surface area contributed by atoms with E-state index >= 15 is 0 Å². The normalized spacial score (nSPS) is 12.6. The third kappa shape index (κ3) is 5.63. The first kappa shape index (κ1) is 18.5. The molecular weight excluding hydrogens is 401 g/mol. The summed E-state index contributed by atoms with van der Waals surface area (Å²) >= 11 is 29.5. The molecule has 0 spiro atoms. The number of hydrogen-bond donors (Lipinski definition) is 2. The van der Waals surface area contributed by atoms with Crippen LogP contribution in [0.15, 0.2) is 48.5 Å². The van der Waals surface area contributed by atoms with E-state index in [1.54, 1.807) is 42.5 Å². The van der Waals surface area contributed by atoms with Crippen LogP contribution in [0.3, 0.4) is 0 Å². The van der Waals surface area contributed by atoms with Crippen LogP contribution < -0.4 is 10.6 Å². The second-order valence-corrected chi connectivity index (χ2v) is 7.85. The molecule has 2 rings (SSSR count). The van der Waals surface area contributed by atoms with E-state index in [0.29, 0.717) is 21.3 Å². The minimum Gasteiger partial charge on any atom is -0.362 e. The summed E-state index contributed by atoms with van der Waals surface area (Å²) in [7, 11) is 0. The van der Waals surface area contributed by atoms with Crippen molar-refractivity contribution in [3.8, 4) is 0 Å². The smallest absolute Gasteiger partial charge is 0.253 e. The van der Waals surface area contributed by atoms with E-state index in [-0.39, 0.29) is 0 Å². The summed E-state index contributed by atoms with van der Waals surface area (Å²) < 4.78 is -1.77. The number of amides is 1. The molecule has 0 saturated carbocycles. The Balaban J connectivity index is 2.16. The van der Waals surface area contributed by atoms with Gasteiger partial charge in [-0.25, -0.2) is 0 Å². The lowest BCUT2D eigenvalue weighted by molar-refractivity contribution is 0.0942. The fourth-order valence-corrected chi connectivity index (χ4v) is 2.40. The van der Waals surface area contributed by atoms with Gasteiger partial charge in [-0.15, -0.1) is 0 Å². The van der Waals surface area contributed by atoms with Gasteiger partial charge in [-0.3, -0.25) is 4.79 Å². The first-order valence-electron chi connectivity index (χ1n) is 6.41. The topological polar surface area (TPSA) is 41.1 Å². The van der Waals surface area contributed by atoms with Gasteiger partial charge in [-0.05, 0) is 42.5 Å². The molecule has 2 aromatic rings. The second-order valence-electron chi connectivity index (χ2n) is 4.61. The van der Waals surface area contributed by atoms with E-state index in [0.717, 1.165) is 0 Å². The minimum atomic E-state index is -1.77. The molecule has 23 heavy (non-hydrogen) atoms. The third-order valence-electron chi connectivity index (χ3n) is 2.84. The molecule has 0 heterocycles. The average Bonchev–Trinajstić information content (AvgIpc) is 2.47. The number of carbonyl (C=O) groups is 1. The van der Waals surface area contributed by atoms with Crippen molar-refractivity contribution in [1.29, 1.82) is 0 Å². The van der Waals surface area contributed by atoms with Crippen LogP contribution in [-0.2, 0) is 0 Å². The van der Waals surface area contributed by atoms with Gasteiger partial charge < -0.3 is 10.6 Å². The molecule has 8 heteroatoms. The number of hydrogen-bond acceptors (Lipinski definition) is 2. The zero-order chi connectivity index (χ0) is 17.0. The van der Waals surface area contributed by atoms with E-state index in [2.05, 4.69) is 10.6 Å². The molecule has 2 N–H and O–H groups in total. The highest BCUT2D eigenvalue weighted by Crippen LogP contribution is 2.31. The maximum Gasteiger partial charge on any atom is 0.253 e. The fourth-order valence-electron chi connectivity index (χ4n) is 1.76. The summed E-state index contributed by atoms with van der Waals surface area (Å²) in [6, 6.07) is 13.2. The quantitative estimate of drug-likeness (QED) is 0.512. The Morgan fingerprint density at radius 2 is 1.61 bits per heavy atom. The van der Waals surface area contributed by atoms with Crippen LogP contribution in [0.25, 0.3) is 0 Å². The van der Waals surface area contributed by atoms with E-state index in [9.17, 15) is 4.79 Å². The van der Waals surface area contributed by atoms with Gasteiger partial charge in [0.05, 0.1) is 0 Å². The molecule has 3 nitrogen and oxygen atoms in total. The number of alkyl halides is 3. The van der Waals surface area contributed by atoms with Crippen molar-refractivity contribution in [1.82, 2.24) is 5.32 Å². The molecule has 0 aromatic heterocycles. The predicted octanol–water partition coefficient (Wildman–Crippen LogP) is 5.53. The first-order valence-corrected chi connectivity index (χ1v) is 8.30. The van der Waals surface area contributed by atoms with Crippen molar-refractivity contribution in [2.75, 3.05) is 5.32 Å². The van der Waals surface area contributed by atoms with Crippen LogP contribution in [0.1, 0.15) is 10.4 Å². The summed E-state index contributed by atoms with van der Waals surface area (Å²) in [5, 5.41) is 6.58. The number of halogens is 5. The molecule has 0 aliphatic rings. The molecule has 0 radical (unpaired) electrons. The van der Waals surface area contributed by atoms with Gasteiger partial charge in [-0.1, -0.05) is 64.1 Å². The fraction of sp³-hybridized carbons (Fsp3) is 0.133. The summed E-state index contributed by atoms with van der Waals surface area (Å²) in [4.78, 5) is 12.3. The van der Waals surface area contributed by atoms with Gasteiger partial charge >= 0.3 is 0 Å². The highest BCUT2D eigenvalue weighted by molar-refractivity contribution is 6.68.